The molecule has 1 heterocycles. The van der Waals surface area contributed by atoms with Crippen LogP contribution in [-0.4, -0.2) is 28.6 Å². The van der Waals surface area contributed by atoms with Gasteiger partial charge in [0.1, 0.15) is 6.04 Å². The van der Waals surface area contributed by atoms with Gasteiger partial charge in [-0.05, 0) is 42.8 Å². The lowest BCUT2D eigenvalue weighted by atomic mass is 10.0. The minimum Gasteiger partial charge on any atom is -0.324 e. The number of halogens is 2. The van der Waals surface area contributed by atoms with Crippen molar-refractivity contribution in [1.29, 1.82) is 0 Å². The maximum absolute atomic E-state index is 12.5. The average molecular weight is 390 g/mol. The summed E-state index contributed by atoms with van der Waals surface area (Å²) in [5.41, 5.74) is 2.21. The van der Waals surface area contributed by atoms with Crippen LogP contribution in [0.25, 0.3) is 0 Å². The van der Waals surface area contributed by atoms with Crippen LogP contribution in [0.1, 0.15) is 25.3 Å². The molecule has 1 aliphatic heterocycles. The van der Waals surface area contributed by atoms with Crippen LogP contribution in [-0.2, 0) is 9.59 Å². The Balaban J connectivity index is 1.78. The molecule has 1 aliphatic rings. The largest absolute Gasteiger partial charge is 0.324 e. The Bertz CT molecular complexity index is 865. The topological polar surface area (TPSA) is 61.8 Å². The van der Waals surface area contributed by atoms with Gasteiger partial charge in [0.05, 0.1) is 5.71 Å². The highest BCUT2D eigenvalue weighted by Crippen LogP contribution is 2.20. The minimum atomic E-state index is -0.746. The summed E-state index contributed by atoms with van der Waals surface area (Å²) in [6.45, 7) is 1.64. The maximum Gasteiger partial charge on any atom is 0.249 e. The van der Waals surface area contributed by atoms with Gasteiger partial charge in [-0.2, -0.15) is 5.10 Å². The van der Waals surface area contributed by atoms with Crippen LogP contribution in [0.15, 0.2) is 53.6 Å². The predicted molar refractivity (Wildman–Crippen MR) is 104 cm³/mol. The van der Waals surface area contributed by atoms with Crippen molar-refractivity contribution in [1.82, 2.24) is 5.01 Å². The van der Waals surface area contributed by atoms with Crippen molar-refractivity contribution in [3.05, 3.63) is 64.1 Å². The van der Waals surface area contributed by atoms with Crippen molar-refractivity contribution in [3.63, 3.8) is 0 Å². The summed E-state index contributed by atoms with van der Waals surface area (Å²) in [6.07, 6.45) is 0.829. The molecule has 3 rings (SSSR count). The number of hydrogen-bond donors (Lipinski definition) is 1. The van der Waals surface area contributed by atoms with Crippen LogP contribution in [0.5, 0.6) is 0 Å². The number of anilines is 1. The average Bonchev–Trinajstić information content (AvgIpc) is 2.62. The molecule has 0 bridgehead atoms. The fourth-order valence-corrected chi connectivity index (χ4v) is 2.96. The molecule has 2 aromatic rings. The van der Waals surface area contributed by atoms with Gasteiger partial charge in [0.25, 0.3) is 0 Å². The number of nitrogens with one attached hydrogen (secondary N) is 1. The van der Waals surface area contributed by atoms with E-state index in [1.54, 1.807) is 43.3 Å². The predicted octanol–water partition coefficient (Wildman–Crippen LogP) is 4.35. The highest BCUT2D eigenvalue weighted by molar-refractivity contribution is 6.31. The molecule has 0 fully saturated rings. The molecule has 7 heteroatoms. The van der Waals surface area contributed by atoms with Gasteiger partial charge in [-0.15, -0.1) is 0 Å². The minimum absolute atomic E-state index is 0.184. The van der Waals surface area contributed by atoms with E-state index >= 15 is 0 Å². The fourth-order valence-electron chi connectivity index (χ4n) is 2.65. The summed E-state index contributed by atoms with van der Waals surface area (Å²) in [5.74, 6) is -0.516. The lowest BCUT2D eigenvalue weighted by Crippen LogP contribution is -2.44. The van der Waals surface area contributed by atoms with E-state index < -0.39 is 6.04 Å². The summed E-state index contributed by atoms with van der Waals surface area (Å²) in [5, 5.41) is 9.57. The van der Waals surface area contributed by atoms with Gasteiger partial charge < -0.3 is 5.32 Å². The third-order valence-electron chi connectivity index (χ3n) is 4.08. The second-order valence-electron chi connectivity index (χ2n) is 5.97. The van der Waals surface area contributed by atoms with Gasteiger partial charge in [0, 0.05) is 28.6 Å². The van der Waals surface area contributed by atoms with E-state index in [4.69, 9.17) is 23.2 Å². The van der Waals surface area contributed by atoms with Crippen LogP contribution >= 0.6 is 23.2 Å². The normalized spacial score (nSPS) is 15.4. The maximum atomic E-state index is 12.5. The fraction of sp³-hybridized carbons (Fsp3) is 0.211. The zero-order valence-corrected chi connectivity index (χ0v) is 15.6. The standard InChI is InChI=1S/C19H17Cl2N3O2/c1-12(19(26)22-16-4-2-3-15(21)11-16)24-18(25)10-9-17(23-24)13-5-7-14(20)8-6-13/h2-8,11-12H,9-10H2,1H3,(H,22,26). The summed E-state index contributed by atoms with van der Waals surface area (Å²) in [7, 11) is 0. The summed E-state index contributed by atoms with van der Waals surface area (Å²) < 4.78 is 0. The molecular weight excluding hydrogens is 373 g/mol. The molecule has 1 N–H and O–H groups in total. The molecule has 134 valence electrons. The first-order chi connectivity index (χ1) is 12.4. The van der Waals surface area contributed by atoms with Crippen molar-refractivity contribution >= 4 is 46.4 Å². The molecule has 2 aromatic carbocycles. The van der Waals surface area contributed by atoms with Crippen molar-refractivity contribution in [2.45, 2.75) is 25.8 Å². The molecule has 5 nitrogen and oxygen atoms in total. The Labute approximate surface area is 161 Å². The second-order valence-corrected chi connectivity index (χ2v) is 6.84. The number of hydrogen-bond acceptors (Lipinski definition) is 3. The molecule has 0 aromatic heterocycles. The third kappa shape index (κ3) is 4.23. The van der Waals surface area contributed by atoms with Crippen LogP contribution in [0.3, 0.4) is 0 Å². The SMILES string of the molecule is CC(C(=O)Nc1cccc(Cl)c1)N1N=C(c2ccc(Cl)cc2)CCC1=O. The van der Waals surface area contributed by atoms with Gasteiger partial charge in [-0.1, -0.05) is 41.4 Å². The Morgan fingerprint density at radius 2 is 1.85 bits per heavy atom. The quantitative estimate of drug-likeness (QED) is 0.844. The number of carbonyl (C=O) groups is 2. The summed E-state index contributed by atoms with van der Waals surface area (Å²) in [6, 6.07) is 13.3. The zero-order valence-electron chi connectivity index (χ0n) is 14.1. The van der Waals surface area contributed by atoms with Crippen molar-refractivity contribution in [2.24, 2.45) is 5.10 Å². The lowest BCUT2D eigenvalue weighted by Gasteiger charge is -2.28. The summed E-state index contributed by atoms with van der Waals surface area (Å²) >= 11 is 11.8. The Kier molecular flexibility index (Phi) is 5.59. The van der Waals surface area contributed by atoms with E-state index in [1.807, 2.05) is 12.1 Å². The van der Waals surface area contributed by atoms with E-state index in [1.165, 1.54) is 5.01 Å². The highest BCUT2D eigenvalue weighted by atomic mass is 35.5. The van der Waals surface area contributed by atoms with Gasteiger partial charge in [-0.25, -0.2) is 5.01 Å². The number of hydrazone groups is 1. The monoisotopic (exact) mass is 389 g/mol. The Hall–Kier alpha value is -2.37. The van der Waals surface area contributed by atoms with E-state index in [-0.39, 0.29) is 11.8 Å². The second kappa shape index (κ2) is 7.89. The molecule has 26 heavy (non-hydrogen) atoms. The first kappa shape index (κ1) is 18.4. The third-order valence-corrected chi connectivity index (χ3v) is 4.56. The zero-order chi connectivity index (χ0) is 18.7. The van der Waals surface area contributed by atoms with Gasteiger partial charge in [0.2, 0.25) is 11.8 Å². The van der Waals surface area contributed by atoms with Crippen LogP contribution in [0.2, 0.25) is 10.0 Å². The summed E-state index contributed by atoms with van der Waals surface area (Å²) in [4.78, 5) is 24.8. The number of carbonyl (C=O) groups excluding carboxylic acids is 2. The Morgan fingerprint density at radius 1 is 1.12 bits per heavy atom. The van der Waals surface area contributed by atoms with Crippen molar-refractivity contribution in [2.75, 3.05) is 5.32 Å². The molecule has 0 spiro atoms. The molecule has 0 saturated carbocycles. The molecular formula is C19H17Cl2N3O2. The Morgan fingerprint density at radius 3 is 2.54 bits per heavy atom. The number of nitrogens with zero attached hydrogens (tertiary/aromatic N) is 2. The van der Waals surface area contributed by atoms with Crippen molar-refractivity contribution < 1.29 is 9.59 Å². The highest BCUT2D eigenvalue weighted by Gasteiger charge is 2.29. The lowest BCUT2D eigenvalue weighted by molar-refractivity contribution is -0.138. The van der Waals surface area contributed by atoms with E-state index in [9.17, 15) is 9.59 Å². The smallest absolute Gasteiger partial charge is 0.249 e. The first-order valence-electron chi connectivity index (χ1n) is 8.16. The first-order valence-corrected chi connectivity index (χ1v) is 8.91. The molecule has 1 unspecified atom stereocenters. The van der Waals surface area contributed by atoms with E-state index in [0.717, 1.165) is 11.3 Å². The number of amides is 2. The number of benzene rings is 2. The molecule has 0 radical (unpaired) electrons. The van der Waals surface area contributed by atoms with Crippen LogP contribution in [0, 0.1) is 0 Å². The van der Waals surface area contributed by atoms with Crippen molar-refractivity contribution in [3.8, 4) is 0 Å². The van der Waals surface area contributed by atoms with Gasteiger partial charge in [0.15, 0.2) is 0 Å². The molecule has 1 atom stereocenters. The van der Waals surface area contributed by atoms with E-state index in [0.29, 0.717) is 28.6 Å². The van der Waals surface area contributed by atoms with Gasteiger partial charge in [-0.3, -0.25) is 9.59 Å². The molecule has 0 saturated heterocycles. The van der Waals surface area contributed by atoms with Crippen LogP contribution < -0.4 is 5.32 Å². The van der Waals surface area contributed by atoms with Gasteiger partial charge >= 0.3 is 0 Å². The van der Waals surface area contributed by atoms with Crippen LogP contribution in [0.4, 0.5) is 5.69 Å². The number of rotatable bonds is 4. The van der Waals surface area contributed by atoms with E-state index in [2.05, 4.69) is 10.4 Å². The molecule has 0 aliphatic carbocycles. The molecule has 2 amide bonds.